The molecule has 0 unspecified atom stereocenters. The van der Waals surface area contributed by atoms with Crippen LogP contribution in [0.4, 0.5) is 0 Å². The number of carbonyl (C=O) groups excluding carboxylic acids is 1. The molecular formula is C42H84NNaO2. The number of carboxylic acid groups (broad SMARTS) is 1. The van der Waals surface area contributed by atoms with Gasteiger partial charge in [0.15, 0.2) is 0 Å². The molecule has 0 spiro atoms. The standard InChI is InChI=1S/C42H85NO2.Na/c1-3-5-7-9-11-13-15-17-19-21-23-25-27-29-31-33-35-39-43(41-37-38-42(44)45)40-36-34-32-30-28-26-24-22-20-18-16-14-12-10-8-6-4-2;/h3-41H2,1-2H3,(H,44,45);/q;+1/p-1. The molecule has 0 N–H and O–H groups in total. The smallest absolute Gasteiger partial charge is 0.550 e. The SMILES string of the molecule is CCCCCCCCCCCCCCCCCCCN(CCCCCCCCCCCCCCCCCCC)CCCC(=O)[O-].[Na+]. The third-order valence-corrected chi connectivity index (χ3v) is 10.0. The third-order valence-electron chi connectivity index (χ3n) is 10.0. The van der Waals surface area contributed by atoms with E-state index in [0.717, 1.165) is 26.1 Å². The zero-order valence-corrected chi connectivity index (χ0v) is 34.3. The van der Waals surface area contributed by atoms with Gasteiger partial charge in [0, 0.05) is 5.97 Å². The van der Waals surface area contributed by atoms with Gasteiger partial charge >= 0.3 is 29.6 Å². The first-order valence-corrected chi connectivity index (χ1v) is 21.1. The Morgan fingerprint density at radius 1 is 0.348 bits per heavy atom. The molecular weight excluding hydrogens is 573 g/mol. The second-order valence-corrected chi connectivity index (χ2v) is 14.6. The van der Waals surface area contributed by atoms with Crippen LogP contribution in [0.3, 0.4) is 0 Å². The fourth-order valence-corrected chi connectivity index (χ4v) is 6.90. The van der Waals surface area contributed by atoms with Gasteiger partial charge in [-0.1, -0.05) is 219 Å². The van der Waals surface area contributed by atoms with Crippen LogP contribution >= 0.6 is 0 Å². The molecule has 0 aromatic heterocycles. The Morgan fingerprint density at radius 3 is 0.761 bits per heavy atom. The Labute approximate surface area is 313 Å². The molecule has 270 valence electrons. The minimum Gasteiger partial charge on any atom is -0.550 e. The number of unbranched alkanes of at least 4 members (excludes halogenated alkanes) is 32. The number of aliphatic carboxylic acids is 1. The fourth-order valence-electron chi connectivity index (χ4n) is 6.90. The summed E-state index contributed by atoms with van der Waals surface area (Å²) in [7, 11) is 0. The maximum absolute atomic E-state index is 10.9. The molecule has 0 fully saturated rings. The second-order valence-electron chi connectivity index (χ2n) is 14.6. The van der Waals surface area contributed by atoms with Gasteiger partial charge in [0.1, 0.15) is 0 Å². The molecule has 0 heterocycles. The van der Waals surface area contributed by atoms with Gasteiger partial charge in [-0.3, -0.25) is 0 Å². The summed E-state index contributed by atoms with van der Waals surface area (Å²) in [5.41, 5.74) is 0. The number of carbonyl (C=O) groups is 1. The van der Waals surface area contributed by atoms with Gasteiger partial charge in [-0.25, -0.2) is 0 Å². The first-order chi connectivity index (χ1) is 22.2. The predicted octanol–water partition coefficient (Wildman–Crippen LogP) is 10.1. The molecule has 0 saturated heterocycles. The molecule has 46 heavy (non-hydrogen) atoms. The molecule has 3 nitrogen and oxygen atoms in total. The van der Waals surface area contributed by atoms with Crippen LogP contribution in [-0.2, 0) is 4.79 Å². The van der Waals surface area contributed by atoms with Crippen molar-refractivity contribution in [3.8, 4) is 0 Å². The van der Waals surface area contributed by atoms with Gasteiger partial charge in [-0.2, -0.15) is 0 Å². The van der Waals surface area contributed by atoms with Crippen molar-refractivity contribution >= 4 is 5.97 Å². The first-order valence-electron chi connectivity index (χ1n) is 21.1. The molecule has 0 aliphatic carbocycles. The van der Waals surface area contributed by atoms with Gasteiger partial charge in [-0.15, -0.1) is 0 Å². The molecule has 0 aliphatic rings. The molecule has 0 amide bonds. The Kier molecular flexibility index (Phi) is 45.9. The Hall–Kier alpha value is 0.430. The molecule has 0 atom stereocenters. The minimum absolute atomic E-state index is 0. The van der Waals surface area contributed by atoms with E-state index < -0.39 is 5.97 Å². The Balaban J connectivity index is 0. The average molecular weight is 658 g/mol. The van der Waals surface area contributed by atoms with Crippen LogP contribution in [-0.4, -0.2) is 30.5 Å². The molecule has 0 aliphatic heterocycles. The number of rotatable bonds is 40. The number of hydrogen-bond donors (Lipinski definition) is 0. The van der Waals surface area contributed by atoms with E-state index in [1.165, 1.54) is 218 Å². The zero-order chi connectivity index (χ0) is 32.7. The molecule has 0 bridgehead atoms. The second kappa shape index (κ2) is 43.5. The summed E-state index contributed by atoms with van der Waals surface area (Å²) in [6.45, 7) is 7.80. The predicted molar refractivity (Wildman–Crippen MR) is 199 cm³/mol. The van der Waals surface area contributed by atoms with Crippen LogP contribution in [0.15, 0.2) is 0 Å². The van der Waals surface area contributed by atoms with E-state index in [0.29, 0.717) is 0 Å². The van der Waals surface area contributed by atoms with Gasteiger partial charge in [-0.05, 0) is 45.3 Å². The molecule has 0 aromatic rings. The quantitative estimate of drug-likeness (QED) is 0.0487. The monoisotopic (exact) mass is 658 g/mol. The molecule has 0 aromatic carbocycles. The maximum Gasteiger partial charge on any atom is 1.00 e. The van der Waals surface area contributed by atoms with Crippen molar-refractivity contribution < 1.29 is 39.5 Å². The van der Waals surface area contributed by atoms with Crippen molar-refractivity contribution in [1.29, 1.82) is 0 Å². The summed E-state index contributed by atoms with van der Waals surface area (Å²) < 4.78 is 0. The minimum atomic E-state index is -0.898. The maximum atomic E-state index is 10.9. The van der Waals surface area contributed by atoms with E-state index in [9.17, 15) is 9.90 Å². The van der Waals surface area contributed by atoms with E-state index >= 15 is 0 Å². The summed E-state index contributed by atoms with van der Waals surface area (Å²) in [6.07, 6.45) is 48.9. The van der Waals surface area contributed by atoms with Crippen molar-refractivity contribution in [2.24, 2.45) is 0 Å². The summed E-state index contributed by atoms with van der Waals surface area (Å²) in [4.78, 5) is 13.4. The van der Waals surface area contributed by atoms with Crippen molar-refractivity contribution in [3.05, 3.63) is 0 Å². The largest absolute Gasteiger partial charge is 1.00 e. The molecule has 0 rings (SSSR count). The number of carboxylic acids is 1. The summed E-state index contributed by atoms with van der Waals surface area (Å²) >= 11 is 0. The summed E-state index contributed by atoms with van der Waals surface area (Å²) in [6, 6.07) is 0. The zero-order valence-electron chi connectivity index (χ0n) is 32.3. The number of nitrogens with zero attached hydrogens (tertiary/aromatic N) is 1. The van der Waals surface area contributed by atoms with Gasteiger partial charge < -0.3 is 14.8 Å². The Bertz CT molecular complexity index is 520. The van der Waals surface area contributed by atoms with Gasteiger partial charge in [0.2, 0.25) is 0 Å². The van der Waals surface area contributed by atoms with Crippen LogP contribution in [0, 0.1) is 0 Å². The van der Waals surface area contributed by atoms with Gasteiger partial charge in [0.05, 0.1) is 0 Å². The van der Waals surface area contributed by atoms with Crippen molar-refractivity contribution in [2.75, 3.05) is 19.6 Å². The van der Waals surface area contributed by atoms with E-state index in [1.54, 1.807) is 0 Å². The molecule has 4 heteroatoms. The van der Waals surface area contributed by atoms with E-state index in [-0.39, 0.29) is 36.0 Å². The van der Waals surface area contributed by atoms with Crippen LogP contribution in [0.5, 0.6) is 0 Å². The summed E-state index contributed by atoms with van der Waals surface area (Å²) in [5, 5.41) is 10.9. The first kappa shape index (κ1) is 48.5. The fraction of sp³-hybridized carbons (Fsp3) is 0.976. The third kappa shape index (κ3) is 42.5. The Morgan fingerprint density at radius 2 is 0.543 bits per heavy atom. The summed E-state index contributed by atoms with van der Waals surface area (Å²) in [5.74, 6) is -0.898. The van der Waals surface area contributed by atoms with Crippen molar-refractivity contribution in [1.82, 2.24) is 4.90 Å². The van der Waals surface area contributed by atoms with Gasteiger partial charge in [0.25, 0.3) is 0 Å². The topological polar surface area (TPSA) is 43.4 Å². The van der Waals surface area contributed by atoms with Crippen molar-refractivity contribution in [2.45, 2.75) is 245 Å². The normalized spacial score (nSPS) is 11.4. The molecule has 0 radical (unpaired) electrons. The number of hydrogen-bond acceptors (Lipinski definition) is 3. The van der Waals surface area contributed by atoms with Crippen LogP contribution in [0.1, 0.15) is 245 Å². The van der Waals surface area contributed by atoms with Crippen LogP contribution in [0.2, 0.25) is 0 Å². The van der Waals surface area contributed by atoms with Crippen molar-refractivity contribution in [3.63, 3.8) is 0 Å². The van der Waals surface area contributed by atoms with Crippen LogP contribution < -0.4 is 34.7 Å². The van der Waals surface area contributed by atoms with E-state index in [2.05, 4.69) is 18.7 Å². The van der Waals surface area contributed by atoms with E-state index in [4.69, 9.17) is 0 Å². The van der Waals surface area contributed by atoms with E-state index in [1.807, 2.05) is 0 Å². The molecule has 0 saturated carbocycles. The van der Waals surface area contributed by atoms with Crippen LogP contribution in [0.25, 0.3) is 0 Å². The average Bonchev–Trinajstić information content (AvgIpc) is 3.03.